The minimum Gasteiger partial charge on any atom is -0.442 e. The van der Waals surface area contributed by atoms with E-state index in [-0.39, 0.29) is 5.91 Å². The maximum atomic E-state index is 12.3. The Balaban J connectivity index is 2.11. The summed E-state index contributed by atoms with van der Waals surface area (Å²) in [5.74, 6) is -0.291. The van der Waals surface area contributed by atoms with Crippen molar-refractivity contribution in [2.75, 3.05) is 13.1 Å². The van der Waals surface area contributed by atoms with Gasteiger partial charge in [0.1, 0.15) is 11.3 Å². The molecule has 0 spiro atoms. The molecule has 1 aliphatic rings. The molecule has 2 heterocycles. The van der Waals surface area contributed by atoms with Crippen molar-refractivity contribution in [2.45, 2.75) is 32.8 Å². The molecule has 1 fully saturated rings. The standard InChI is InChI=1S/C13H18ClN3O3/c1-13(2,3)20-12(19)17-6-4-5-16(17)11(18)10-7-9(14)8-15-10/h7-8,15H,4-6H2,1-3H3. The first-order chi connectivity index (χ1) is 9.28. The molecule has 1 saturated heterocycles. The molecule has 6 nitrogen and oxygen atoms in total. The zero-order chi connectivity index (χ0) is 14.9. The molecular formula is C13H18ClN3O3. The van der Waals surface area contributed by atoms with Crippen LogP contribution < -0.4 is 0 Å². The Labute approximate surface area is 122 Å². The van der Waals surface area contributed by atoms with Crippen LogP contribution in [0.25, 0.3) is 0 Å². The fraction of sp³-hybridized carbons (Fsp3) is 0.538. The van der Waals surface area contributed by atoms with E-state index in [1.165, 1.54) is 22.3 Å². The molecule has 2 rings (SSSR count). The second-order valence-corrected chi connectivity index (χ2v) is 6.05. The number of carbonyl (C=O) groups excluding carboxylic acids is 2. The van der Waals surface area contributed by atoms with Crippen LogP contribution in [0, 0.1) is 0 Å². The van der Waals surface area contributed by atoms with Crippen LogP contribution >= 0.6 is 11.6 Å². The molecule has 0 unspecified atom stereocenters. The van der Waals surface area contributed by atoms with Gasteiger partial charge >= 0.3 is 6.09 Å². The zero-order valence-electron chi connectivity index (χ0n) is 11.8. The molecule has 0 atom stereocenters. The number of aromatic nitrogens is 1. The Bertz CT molecular complexity index is 521. The Hall–Kier alpha value is -1.69. The van der Waals surface area contributed by atoms with E-state index in [0.717, 1.165) is 6.42 Å². The summed E-state index contributed by atoms with van der Waals surface area (Å²) in [5, 5.41) is 3.18. The quantitative estimate of drug-likeness (QED) is 0.867. The number of rotatable bonds is 1. The monoisotopic (exact) mass is 299 g/mol. The molecular weight excluding hydrogens is 282 g/mol. The number of H-pyrrole nitrogens is 1. The highest BCUT2D eigenvalue weighted by Crippen LogP contribution is 2.19. The van der Waals surface area contributed by atoms with Gasteiger partial charge in [-0.15, -0.1) is 0 Å². The summed E-state index contributed by atoms with van der Waals surface area (Å²) in [6.45, 7) is 6.32. The lowest BCUT2D eigenvalue weighted by Gasteiger charge is -2.30. The third kappa shape index (κ3) is 3.25. The highest BCUT2D eigenvalue weighted by atomic mass is 35.5. The van der Waals surface area contributed by atoms with E-state index in [0.29, 0.717) is 23.8 Å². The van der Waals surface area contributed by atoms with Crippen molar-refractivity contribution in [1.29, 1.82) is 0 Å². The van der Waals surface area contributed by atoms with Crippen molar-refractivity contribution in [3.8, 4) is 0 Å². The van der Waals surface area contributed by atoms with E-state index in [2.05, 4.69) is 4.98 Å². The van der Waals surface area contributed by atoms with Crippen LogP contribution in [0.1, 0.15) is 37.7 Å². The molecule has 110 valence electrons. The number of hydrogen-bond donors (Lipinski definition) is 1. The molecule has 2 amide bonds. The minimum absolute atomic E-state index is 0.291. The van der Waals surface area contributed by atoms with Gasteiger partial charge in [0.15, 0.2) is 0 Å². The molecule has 0 aromatic carbocycles. The van der Waals surface area contributed by atoms with E-state index < -0.39 is 11.7 Å². The summed E-state index contributed by atoms with van der Waals surface area (Å²) in [6, 6.07) is 1.54. The highest BCUT2D eigenvalue weighted by Gasteiger charge is 2.34. The van der Waals surface area contributed by atoms with E-state index in [9.17, 15) is 9.59 Å². The van der Waals surface area contributed by atoms with E-state index >= 15 is 0 Å². The number of carbonyl (C=O) groups is 2. The van der Waals surface area contributed by atoms with Crippen molar-refractivity contribution >= 4 is 23.6 Å². The van der Waals surface area contributed by atoms with Crippen molar-refractivity contribution < 1.29 is 14.3 Å². The normalized spacial score (nSPS) is 15.6. The molecule has 0 aliphatic carbocycles. The Kier molecular flexibility index (Phi) is 3.94. The number of hydrogen-bond acceptors (Lipinski definition) is 3. The van der Waals surface area contributed by atoms with Crippen LogP contribution in [0.3, 0.4) is 0 Å². The Morgan fingerprint density at radius 1 is 1.30 bits per heavy atom. The van der Waals surface area contributed by atoms with Crippen molar-refractivity contribution in [3.05, 3.63) is 23.0 Å². The first-order valence-electron chi connectivity index (χ1n) is 6.44. The largest absolute Gasteiger partial charge is 0.442 e. The summed E-state index contributed by atoms with van der Waals surface area (Å²) >= 11 is 5.79. The Morgan fingerprint density at radius 2 is 1.95 bits per heavy atom. The Morgan fingerprint density at radius 3 is 2.50 bits per heavy atom. The van der Waals surface area contributed by atoms with Gasteiger partial charge in [-0.05, 0) is 33.3 Å². The third-order valence-corrected chi connectivity index (χ3v) is 2.97. The zero-order valence-corrected chi connectivity index (χ0v) is 12.5. The van der Waals surface area contributed by atoms with Gasteiger partial charge in [0.2, 0.25) is 0 Å². The summed E-state index contributed by atoms with van der Waals surface area (Å²) in [5.41, 5.74) is -0.241. The van der Waals surface area contributed by atoms with Crippen molar-refractivity contribution in [2.24, 2.45) is 0 Å². The topological polar surface area (TPSA) is 65.6 Å². The lowest BCUT2D eigenvalue weighted by molar-refractivity contribution is -0.0195. The average molecular weight is 300 g/mol. The van der Waals surface area contributed by atoms with Gasteiger partial charge in [0.25, 0.3) is 5.91 Å². The molecule has 1 N–H and O–H groups in total. The van der Waals surface area contributed by atoms with Crippen LogP contribution in [0.2, 0.25) is 5.02 Å². The summed E-state index contributed by atoms with van der Waals surface area (Å²) in [4.78, 5) is 27.2. The van der Waals surface area contributed by atoms with Crippen LogP contribution in [0.4, 0.5) is 4.79 Å². The van der Waals surface area contributed by atoms with Crippen molar-refractivity contribution in [3.63, 3.8) is 0 Å². The van der Waals surface area contributed by atoms with Crippen LogP contribution in [-0.2, 0) is 4.74 Å². The number of halogens is 1. The van der Waals surface area contributed by atoms with Gasteiger partial charge in [0.05, 0.1) is 5.02 Å². The second-order valence-electron chi connectivity index (χ2n) is 5.62. The fourth-order valence-electron chi connectivity index (χ4n) is 1.96. The fourth-order valence-corrected chi connectivity index (χ4v) is 2.12. The van der Waals surface area contributed by atoms with Gasteiger partial charge in [-0.25, -0.2) is 14.8 Å². The molecule has 0 saturated carbocycles. The molecule has 1 aromatic heterocycles. The van der Waals surface area contributed by atoms with Gasteiger partial charge in [-0.2, -0.15) is 0 Å². The van der Waals surface area contributed by atoms with Crippen LogP contribution in [0.5, 0.6) is 0 Å². The molecule has 1 aliphatic heterocycles. The molecule has 0 radical (unpaired) electrons. The van der Waals surface area contributed by atoms with Gasteiger partial charge in [-0.1, -0.05) is 11.6 Å². The first-order valence-corrected chi connectivity index (χ1v) is 6.82. The van der Waals surface area contributed by atoms with Crippen LogP contribution in [-0.4, -0.2) is 45.7 Å². The molecule has 7 heteroatoms. The second kappa shape index (κ2) is 5.36. The van der Waals surface area contributed by atoms with E-state index in [4.69, 9.17) is 16.3 Å². The molecule has 0 bridgehead atoms. The highest BCUT2D eigenvalue weighted by molar-refractivity contribution is 6.30. The van der Waals surface area contributed by atoms with E-state index in [1.54, 1.807) is 20.8 Å². The van der Waals surface area contributed by atoms with Gasteiger partial charge in [-0.3, -0.25) is 4.79 Å². The first kappa shape index (κ1) is 14.7. The third-order valence-electron chi connectivity index (χ3n) is 2.75. The summed E-state index contributed by atoms with van der Waals surface area (Å²) < 4.78 is 5.30. The van der Waals surface area contributed by atoms with Gasteiger partial charge < -0.3 is 9.72 Å². The number of ether oxygens (including phenoxy) is 1. The lowest BCUT2D eigenvalue weighted by Crippen LogP contribution is -2.47. The SMILES string of the molecule is CC(C)(C)OC(=O)N1CCCN1C(=O)c1cc(Cl)c[nH]1. The average Bonchev–Trinajstić information content (AvgIpc) is 2.93. The number of amides is 2. The van der Waals surface area contributed by atoms with Crippen LogP contribution in [0.15, 0.2) is 12.3 Å². The lowest BCUT2D eigenvalue weighted by atomic mass is 10.2. The maximum Gasteiger partial charge on any atom is 0.429 e. The number of hydrazine groups is 1. The smallest absolute Gasteiger partial charge is 0.429 e. The maximum absolute atomic E-state index is 12.3. The van der Waals surface area contributed by atoms with E-state index in [1.807, 2.05) is 0 Å². The predicted molar refractivity (Wildman–Crippen MR) is 74.4 cm³/mol. The molecule has 1 aromatic rings. The minimum atomic E-state index is -0.593. The van der Waals surface area contributed by atoms with Gasteiger partial charge in [0, 0.05) is 19.3 Å². The number of nitrogens with one attached hydrogen (secondary N) is 1. The van der Waals surface area contributed by atoms with Crippen molar-refractivity contribution in [1.82, 2.24) is 15.0 Å². The number of aromatic amines is 1. The predicted octanol–water partition coefficient (Wildman–Crippen LogP) is 2.67. The summed E-state index contributed by atoms with van der Waals surface area (Å²) in [6.07, 6.45) is 1.74. The number of nitrogens with zero attached hydrogens (tertiary/aromatic N) is 2. The summed E-state index contributed by atoms with van der Waals surface area (Å²) in [7, 11) is 0. The molecule has 20 heavy (non-hydrogen) atoms.